The van der Waals surface area contributed by atoms with Gasteiger partial charge < -0.3 is 14.8 Å². The Kier molecular flexibility index (Phi) is 8.01. The van der Waals surface area contributed by atoms with Crippen molar-refractivity contribution in [1.82, 2.24) is 9.97 Å². The number of unbranched alkanes of at least 4 members (excludes halogenated alkanes) is 2. The van der Waals surface area contributed by atoms with Crippen molar-refractivity contribution in [1.29, 1.82) is 0 Å². The van der Waals surface area contributed by atoms with E-state index in [4.69, 9.17) is 9.47 Å². The molecule has 0 saturated heterocycles. The molecule has 30 heavy (non-hydrogen) atoms. The largest absolute Gasteiger partial charge is 0.494 e. The minimum absolute atomic E-state index is 0.119. The maximum atomic E-state index is 11.3. The summed E-state index contributed by atoms with van der Waals surface area (Å²) < 4.78 is 10.9. The number of nitrogens with one attached hydrogen (secondary N) is 1. The monoisotopic (exact) mass is 407 g/mol. The van der Waals surface area contributed by atoms with Gasteiger partial charge in [-0.2, -0.15) is 0 Å². The molecule has 0 aliphatic carbocycles. The number of rotatable bonds is 11. The van der Waals surface area contributed by atoms with Gasteiger partial charge in [0.1, 0.15) is 17.9 Å². The third-order valence-electron chi connectivity index (χ3n) is 4.86. The lowest BCUT2D eigenvalue weighted by Gasteiger charge is -2.16. The number of hydrogen-bond acceptors (Lipinski definition) is 6. The predicted molar refractivity (Wildman–Crippen MR) is 119 cm³/mol. The zero-order chi connectivity index (χ0) is 21.2. The van der Waals surface area contributed by atoms with Crippen LogP contribution in [0.1, 0.15) is 51.1 Å². The summed E-state index contributed by atoms with van der Waals surface area (Å²) >= 11 is 0. The highest BCUT2D eigenvalue weighted by atomic mass is 16.5. The fraction of sp³-hybridized carbons (Fsp3) is 0.375. The molecule has 0 saturated carbocycles. The summed E-state index contributed by atoms with van der Waals surface area (Å²) in [7, 11) is 0. The number of aromatic nitrogens is 2. The zero-order valence-electron chi connectivity index (χ0n) is 17.6. The molecular weight excluding hydrogens is 378 g/mol. The van der Waals surface area contributed by atoms with Gasteiger partial charge in [0.15, 0.2) is 0 Å². The number of nitrogens with zero attached hydrogens (tertiary/aromatic N) is 2. The van der Waals surface area contributed by atoms with Crippen LogP contribution in [0, 0.1) is 0 Å². The average molecular weight is 408 g/mol. The van der Waals surface area contributed by atoms with E-state index in [9.17, 15) is 4.79 Å². The molecule has 0 amide bonds. The summed E-state index contributed by atoms with van der Waals surface area (Å²) in [6.45, 7) is 4.98. The van der Waals surface area contributed by atoms with Crippen molar-refractivity contribution in [2.45, 2.75) is 45.6 Å². The van der Waals surface area contributed by atoms with Crippen molar-refractivity contribution in [3.63, 3.8) is 0 Å². The molecule has 0 aliphatic rings. The highest BCUT2D eigenvalue weighted by molar-refractivity contribution is 5.90. The summed E-state index contributed by atoms with van der Waals surface area (Å²) in [5.41, 5.74) is 2.06. The quantitative estimate of drug-likeness (QED) is 0.343. The van der Waals surface area contributed by atoms with Crippen LogP contribution in [-0.4, -0.2) is 29.2 Å². The van der Waals surface area contributed by atoms with Crippen LogP contribution < -0.4 is 10.1 Å². The van der Waals surface area contributed by atoms with Crippen molar-refractivity contribution in [3.05, 3.63) is 60.4 Å². The molecule has 0 aliphatic heterocycles. The van der Waals surface area contributed by atoms with Crippen molar-refractivity contribution >= 4 is 22.7 Å². The van der Waals surface area contributed by atoms with E-state index in [2.05, 4.69) is 34.3 Å². The second kappa shape index (κ2) is 11.1. The van der Waals surface area contributed by atoms with Crippen molar-refractivity contribution in [2.24, 2.45) is 0 Å². The highest BCUT2D eigenvalue weighted by Crippen LogP contribution is 2.27. The van der Waals surface area contributed by atoms with E-state index in [-0.39, 0.29) is 12.0 Å². The summed E-state index contributed by atoms with van der Waals surface area (Å²) in [5, 5.41) is 4.41. The minimum Gasteiger partial charge on any atom is -0.494 e. The van der Waals surface area contributed by atoms with Crippen LogP contribution in [0.2, 0.25) is 0 Å². The Bertz CT molecular complexity index is 947. The van der Waals surface area contributed by atoms with Crippen molar-refractivity contribution < 1.29 is 14.3 Å². The van der Waals surface area contributed by atoms with Gasteiger partial charge in [0.05, 0.1) is 18.7 Å². The average Bonchev–Trinajstić information content (AvgIpc) is 2.77. The fourth-order valence-corrected chi connectivity index (χ4v) is 3.24. The standard InChI is InChI=1S/C24H29N3O3/c1-3-29-23(28)12-8-5-9-15-30-20-13-14-22-21(16-20)24(26-17-25-22)27-18(2)19-10-6-4-7-11-19/h4,6-7,10-11,13-14,16-18H,3,5,8-9,12,15H2,1-2H3,(H,25,26,27). The van der Waals surface area contributed by atoms with Crippen LogP contribution in [-0.2, 0) is 9.53 Å². The molecule has 3 aromatic rings. The van der Waals surface area contributed by atoms with Gasteiger partial charge in [-0.15, -0.1) is 0 Å². The molecule has 1 aromatic heterocycles. The molecule has 1 atom stereocenters. The van der Waals surface area contributed by atoms with Crippen molar-refractivity contribution in [2.75, 3.05) is 18.5 Å². The van der Waals surface area contributed by atoms with E-state index < -0.39 is 0 Å². The van der Waals surface area contributed by atoms with Crippen LogP contribution in [0.3, 0.4) is 0 Å². The van der Waals surface area contributed by atoms with Gasteiger partial charge >= 0.3 is 5.97 Å². The molecule has 3 rings (SSSR count). The molecule has 0 fully saturated rings. The van der Waals surface area contributed by atoms with Gasteiger partial charge in [0.2, 0.25) is 0 Å². The first kappa shape index (κ1) is 21.6. The predicted octanol–water partition coefficient (Wildman–Crippen LogP) is 5.31. The lowest BCUT2D eigenvalue weighted by Crippen LogP contribution is -2.08. The molecule has 1 N–H and O–H groups in total. The van der Waals surface area contributed by atoms with Crippen LogP contribution >= 0.6 is 0 Å². The normalized spacial score (nSPS) is 11.8. The third kappa shape index (κ3) is 6.17. The highest BCUT2D eigenvalue weighted by Gasteiger charge is 2.10. The van der Waals surface area contributed by atoms with Gasteiger partial charge in [-0.25, -0.2) is 9.97 Å². The Hall–Kier alpha value is -3.15. The molecule has 0 radical (unpaired) electrons. The first-order valence-electron chi connectivity index (χ1n) is 10.5. The maximum absolute atomic E-state index is 11.3. The minimum atomic E-state index is -0.127. The second-order valence-electron chi connectivity index (χ2n) is 7.14. The molecule has 0 bridgehead atoms. The summed E-state index contributed by atoms with van der Waals surface area (Å²) in [6, 6.07) is 16.2. The second-order valence-corrected chi connectivity index (χ2v) is 7.14. The number of esters is 1. The van der Waals surface area contributed by atoms with Gasteiger partial charge in [-0.05, 0) is 56.9 Å². The van der Waals surface area contributed by atoms with E-state index in [1.165, 1.54) is 5.56 Å². The smallest absolute Gasteiger partial charge is 0.305 e. The topological polar surface area (TPSA) is 73.3 Å². The Morgan fingerprint density at radius 2 is 1.90 bits per heavy atom. The Balaban J connectivity index is 1.57. The van der Waals surface area contributed by atoms with Crippen LogP contribution in [0.4, 0.5) is 5.82 Å². The first-order valence-corrected chi connectivity index (χ1v) is 10.5. The molecule has 1 heterocycles. The van der Waals surface area contributed by atoms with E-state index in [0.717, 1.165) is 41.7 Å². The third-order valence-corrected chi connectivity index (χ3v) is 4.86. The Morgan fingerprint density at radius 1 is 1.07 bits per heavy atom. The van der Waals surface area contributed by atoms with E-state index >= 15 is 0 Å². The number of benzene rings is 2. The van der Waals surface area contributed by atoms with Crippen LogP contribution in [0.5, 0.6) is 5.75 Å². The number of hydrogen-bond donors (Lipinski definition) is 1. The number of carbonyl (C=O) groups is 1. The number of fused-ring (bicyclic) bond motifs is 1. The number of anilines is 1. The number of ether oxygens (including phenoxy) is 2. The van der Waals surface area contributed by atoms with E-state index in [1.807, 2.05) is 43.3 Å². The zero-order valence-corrected chi connectivity index (χ0v) is 17.6. The van der Waals surface area contributed by atoms with E-state index in [1.54, 1.807) is 6.33 Å². The maximum Gasteiger partial charge on any atom is 0.305 e. The molecule has 6 heteroatoms. The SMILES string of the molecule is CCOC(=O)CCCCCOc1ccc2ncnc(NC(C)c3ccccc3)c2c1. The molecule has 2 aromatic carbocycles. The van der Waals surface area contributed by atoms with Gasteiger partial charge in [-0.3, -0.25) is 4.79 Å². The van der Waals surface area contributed by atoms with Crippen LogP contribution in [0.15, 0.2) is 54.9 Å². The Labute approximate surface area is 177 Å². The van der Waals surface area contributed by atoms with Gasteiger partial charge in [0.25, 0.3) is 0 Å². The van der Waals surface area contributed by atoms with Crippen LogP contribution in [0.25, 0.3) is 10.9 Å². The molecule has 6 nitrogen and oxygen atoms in total. The lowest BCUT2D eigenvalue weighted by atomic mass is 10.1. The fourth-order valence-electron chi connectivity index (χ4n) is 3.24. The van der Waals surface area contributed by atoms with Gasteiger partial charge in [0, 0.05) is 17.8 Å². The molecule has 0 spiro atoms. The lowest BCUT2D eigenvalue weighted by molar-refractivity contribution is -0.143. The first-order chi connectivity index (χ1) is 14.7. The van der Waals surface area contributed by atoms with Gasteiger partial charge in [-0.1, -0.05) is 30.3 Å². The summed E-state index contributed by atoms with van der Waals surface area (Å²) in [4.78, 5) is 20.2. The molecular formula is C24H29N3O3. The Morgan fingerprint density at radius 3 is 2.70 bits per heavy atom. The van der Waals surface area contributed by atoms with Crippen molar-refractivity contribution in [3.8, 4) is 5.75 Å². The van der Waals surface area contributed by atoms with E-state index in [0.29, 0.717) is 19.6 Å². The molecule has 158 valence electrons. The summed E-state index contributed by atoms with van der Waals surface area (Å²) in [6.07, 6.45) is 4.68. The number of carbonyl (C=O) groups excluding carboxylic acids is 1. The summed E-state index contributed by atoms with van der Waals surface area (Å²) in [5.74, 6) is 1.45. The molecule has 1 unspecified atom stereocenters.